The zero-order valence-electron chi connectivity index (χ0n) is 16.7. The first-order valence-electron chi connectivity index (χ1n) is 9.52. The van der Waals surface area contributed by atoms with Crippen LogP contribution in [0.4, 0.5) is 4.39 Å². The fourth-order valence-electron chi connectivity index (χ4n) is 3.01. The van der Waals surface area contributed by atoms with Gasteiger partial charge < -0.3 is 19.7 Å². The number of aliphatic imine (C=N–C) groups is 1. The molecular weight excluding hydrogens is 460 g/mol. The number of hydrogen-bond acceptors (Lipinski definition) is 3. The minimum atomic E-state index is -0.172. The first-order valence-corrected chi connectivity index (χ1v) is 9.52. The smallest absolute Gasteiger partial charge is 0.194 e. The molecule has 1 heterocycles. The molecule has 0 unspecified atom stereocenters. The summed E-state index contributed by atoms with van der Waals surface area (Å²) in [6, 6.07) is 5.31. The molecule has 1 aromatic rings. The molecule has 7 heteroatoms. The lowest BCUT2D eigenvalue weighted by molar-refractivity contribution is 0.00990. The van der Waals surface area contributed by atoms with Crippen LogP contribution in [-0.2, 0) is 16.0 Å². The van der Waals surface area contributed by atoms with Gasteiger partial charge in [-0.1, -0.05) is 12.1 Å². The molecule has 1 fully saturated rings. The van der Waals surface area contributed by atoms with Crippen molar-refractivity contribution in [2.75, 3.05) is 40.0 Å². The lowest BCUT2D eigenvalue weighted by Crippen LogP contribution is -2.47. The predicted molar refractivity (Wildman–Crippen MR) is 118 cm³/mol. The first kappa shape index (κ1) is 24.1. The highest BCUT2D eigenvalue weighted by molar-refractivity contribution is 14.0. The second-order valence-corrected chi connectivity index (χ2v) is 6.66. The number of halogens is 2. The van der Waals surface area contributed by atoms with E-state index in [0.717, 1.165) is 63.6 Å². The molecular formula is C20H33FIN3O2. The van der Waals surface area contributed by atoms with Crippen molar-refractivity contribution in [3.05, 3.63) is 35.1 Å². The van der Waals surface area contributed by atoms with Crippen LogP contribution >= 0.6 is 24.0 Å². The zero-order valence-corrected chi connectivity index (χ0v) is 19.0. The highest BCUT2D eigenvalue weighted by Gasteiger charge is 2.21. The van der Waals surface area contributed by atoms with Crippen LogP contribution in [0.15, 0.2) is 23.2 Å². The van der Waals surface area contributed by atoms with E-state index in [2.05, 4.69) is 17.1 Å². The van der Waals surface area contributed by atoms with Crippen molar-refractivity contribution in [1.82, 2.24) is 10.2 Å². The van der Waals surface area contributed by atoms with Crippen LogP contribution in [0.1, 0.15) is 37.3 Å². The van der Waals surface area contributed by atoms with Crippen molar-refractivity contribution in [2.24, 2.45) is 4.99 Å². The van der Waals surface area contributed by atoms with Gasteiger partial charge in [0, 0.05) is 40.0 Å². The quantitative estimate of drug-likeness (QED) is 0.260. The summed E-state index contributed by atoms with van der Waals surface area (Å²) in [6.07, 6.45) is 3.25. The molecule has 1 aliphatic rings. The minimum Gasteiger partial charge on any atom is -0.385 e. The summed E-state index contributed by atoms with van der Waals surface area (Å²) in [5.41, 5.74) is 1.55. The molecule has 2 rings (SSSR count). The Morgan fingerprint density at radius 2 is 2.04 bits per heavy atom. The van der Waals surface area contributed by atoms with E-state index in [1.807, 2.05) is 6.07 Å². The largest absolute Gasteiger partial charge is 0.385 e. The Balaban J connectivity index is 0.00000364. The number of rotatable bonds is 8. The topological polar surface area (TPSA) is 46.1 Å². The average Bonchev–Trinajstić information content (AvgIpc) is 2.65. The Hall–Kier alpha value is -0.930. The lowest BCUT2D eigenvalue weighted by Gasteiger charge is -2.34. The summed E-state index contributed by atoms with van der Waals surface area (Å²) in [5, 5.41) is 3.35. The first-order chi connectivity index (χ1) is 12.6. The van der Waals surface area contributed by atoms with Gasteiger partial charge in [0.2, 0.25) is 0 Å². The van der Waals surface area contributed by atoms with E-state index >= 15 is 0 Å². The molecule has 0 saturated carbocycles. The third kappa shape index (κ3) is 8.31. The van der Waals surface area contributed by atoms with E-state index in [0.29, 0.717) is 18.2 Å². The van der Waals surface area contributed by atoms with Crippen molar-refractivity contribution < 1.29 is 13.9 Å². The standard InChI is InChI=1S/C20H32FN3O2.HI/c1-4-22-20(23-15-17-7-6-16(2)19(21)14-17)24-10-8-18(9-11-24)26-13-5-12-25-3;/h6-7,14,18H,4-5,8-13,15H2,1-3H3,(H,22,23);1H. The SMILES string of the molecule is CCNC(=NCc1ccc(C)c(F)c1)N1CCC(OCCCOC)CC1.I. The third-order valence-electron chi connectivity index (χ3n) is 4.57. The number of ether oxygens (including phenoxy) is 2. The number of benzene rings is 1. The molecule has 0 atom stereocenters. The van der Waals surface area contributed by atoms with Gasteiger partial charge in [0.05, 0.1) is 12.6 Å². The molecule has 5 nitrogen and oxygen atoms in total. The van der Waals surface area contributed by atoms with Gasteiger partial charge in [-0.05, 0) is 50.3 Å². The van der Waals surface area contributed by atoms with E-state index < -0.39 is 0 Å². The number of nitrogens with zero attached hydrogens (tertiary/aromatic N) is 2. The Morgan fingerprint density at radius 3 is 2.67 bits per heavy atom. The zero-order chi connectivity index (χ0) is 18.8. The van der Waals surface area contributed by atoms with Gasteiger partial charge in [0.25, 0.3) is 0 Å². The van der Waals surface area contributed by atoms with Gasteiger partial charge in [-0.15, -0.1) is 24.0 Å². The molecule has 1 saturated heterocycles. The maximum Gasteiger partial charge on any atom is 0.194 e. The van der Waals surface area contributed by atoms with Gasteiger partial charge in [-0.2, -0.15) is 0 Å². The van der Waals surface area contributed by atoms with Gasteiger partial charge >= 0.3 is 0 Å². The highest BCUT2D eigenvalue weighted by atomic mass is 127. The number of hydrogen-bond donors (Lipinski definition) is 1. The van der Waals surface area contributed by atoms with Gasteiger partial charge in [-0.3, -0.25) is 0 Å². The Labute approximate surface area is 179 Å². The molecule has 0 amide bonds. The van der Waals surface area contributed by atoms with E-state index in [1.54, 1.807) is 26.2 Å². The van der Waals surface area contributed by atoms with Gasteiger partial charge in [0.15, 0.2) is 5.96 Å². The van der Waals surface area contributed by atoms with Crippen LogP contribution in [0, 0.1) is 12.7 Å². The van der Waals surface area contributed by atoms with Crippen molar-refractivity contribution in [1.29, 1.82) is 0 Å². The fraction of sp³-hybridized carbons (Fsp3) is 0.650. The molecule has 0 radical (unpaired) electrons. The van der Waals surface area contributed by atoms with Crippen LogP contribution in [0.25, 0.3) is 0 Å². The predicted octanol–water partition coefficient (Wildman–Crippen LogP) is 3.74. The fourth-order valence-corrected chi connectivity index (χ4v) is 3.01. The maximum absolute atomic E-state index is 13.7. The Morgan fingerprint density at radius 1 is 1.30 bits per heavy atom. The van der Waals surface area contributed by atoms with E-state index in [-0.39, 0.29) is 29.8 Å². The third-order valence-corrected chi connectivity index (χ3v) is 4.57. The molecule has 1 aliphatic heterocycles. The van der Waals surface area contributed by atoms with E-state index in [4.69, 9.17) is 14.5 Å². The van der Waals surface area contributed by atoms with Crippen LogP contribution in [0.3, 0.4) is 0 Å². The second-order valence-electron chi connectivity index (χ2n) is 6.66. The maximum atomic E-state index is 13.7. The second kappa shape index (κ2) is 13.3. The van der Waals surface area contributed by atoms with Crippen LogP contribution in [0.2, 0.25) is 0 Å². The number of aryl methyl sites for hydroxylation is 1. The Bertz CT molecular complexity index is 578. The minimum absolute atomic E-state index is 0. The molecule has 0 bridgehead atoms. The molecule has 0 aliphatic carbocycles. The normalized spacial score (nSPS) is 15.6. The van der Waals surface area contributed by atoms with Crippen molar-refractivity contribution >= 4 is 29.9 Å². The summed E-state index contributed by atoms with van der Waals surface area (Å²) in [7, 11) is 1.71. The Kier molecular flexibility index (Phi) is 11.9. The molecule has 27 heavy (non-hydrogen) atoms. The number of guanidine groups is 1. The average molecular weight is 493 g/mol. The summed E-state index contributed by atoms with van der Waals surface area (Å²) in [4.78, 5) is 6.96. The van der Waals surface area contributed by atoms with E-state index in [9.17, 15) is 4.39 Å². The number of likely N-dealkylation sites (tertiary alicyclic amines) is 1. The molecule has 1 N–H and O–H groups in total. The van der Waals surface area contributed by atoms with Crippen LogP contribution in [0.5, 0.6) is 0 Å². The molecule has 0 spiro atoms. The lowest BCUT2D eigenvalue weighted by atomic mass is 10.1. The number of methoxy groups -OCH3 is 1. The summed E-state index contributed by atoms with van der Waals surface area (Å²) in [5.74, 6) is 0.723. The van der Waals surface area contributed by atoms with Crippen molar-refractivity contribution in [2.45, 2.75) is 45.8 Å². The van der Waals surface area contributed by atoms with Crippen LogP contribution in [-0.4, -0.2) is 56.9 Å². The number of nitrogens with one attached hydrogen (secondary N) is 1. The highest BCUT2D eigenvalue weighted by Crippen LogP contribution is 2.15. The summed E-state index contributed by atoms with van der Waals surface area (Å²) >= 11 is 0. The number of piperidine rings is 1. The van der Waals surface area contributed by atoms with Gasteiger partial charge in [0.1, 0.15) is 5.82 Å². The summed E-state index contributed by atoms with van der Waals surface area (Å²) in [6.45, 7) is 8.47. The van der Waals surface area contributed by atoms with Crippen molar-refractivity contribution in [3.8, 4) is 0 Å². The monoisotopic (exact) mass is 493 g/mol. The molecule has 0 aromatic heterocycles. The van der Waals surface area contributed by atoms with Crippen molar-refractivity contribution in [3.63, 3.8) is 0 Å². The van der Waals surface area contributed by atoms with Gasteiger partial charge in [-0.25, -0.2) is 9.38 Å². The summed E-state index contributed by atoms with van der Waals surface area (Å²) < 4.78 is 24.7. The molecule has 154 valence electrons. The molecule has 1 aromatic carbocycles. The van der Waals surface area contributed by atoms with E-state index in [1.165, 1.54) is 0 Å². The van der Waals surface area contributed by atoms with Crippen LogP contribution < -0.4 is 5.32 Å².